The molecule has 0 atom stereocenters. The summed E-state index contributed by atoms with van der Waals surface area (Å²) in [7, 11) is 1.78. The minimum Gasteiger partial charge on any atom is -0.366 e. The van der Waals surface area contributed by atoms with E-state index in [2.05, 4.69) is 0 Å². The van der Waals surface area contributed by atoms with E-state index in [1.54, 1.807) is 24.1 Å². The van der Waals surface area contributed by atoms with E-state index in [-0.39, 0.29) is 5.91 Å². The number of hydrogen-bond donors (Lipinski definition) is 1. The van der Waals surface area contributed by atoms with Gasteiger partial charge in [0.05, 0.1) is 17.8 Å². The second kappa shape index (κ2) is 4.45. The van der Waals surface area contributed by atoms with Crippen molar-refractivity contribution in [2.75, 3.05) is 31.6 Å². The molecule has 1 saturated heterocycles. The molecule has 5 nitrogen and oxygen atoms in total. The normalized spacial score (nSPS) is 16.2. The van der Waals surface area contributed by atoms with Crippen LogP contribution in [0.1, 0.15) is 10.4 Å². The quantitative estimate of drug-likeness (QED) is 0.785. The van der Waals surface area contributed by atoms with Crippen LogP contribution in [-0.2, 0) is 4.79 Å². The van der Waals surface area contributed by atoms with Crippen molar-refractivity contribution in [3.8, 4) is 0 Å². The van der Waals surface area contributed by atoms with Crippen LogP contribution in [0, 0.1) is 0 Å². The topological polar surface area (TPSA) is 66.6 Å². The third-order valence-corrected chi connectivity index (χ3v) is 2.97. The first-order valence-electron chi connectivity index (χ1n) is 5.47. The number of piperazine rings is 1. The van der Waals surface area contributed by atoms with Crippen molar-refractivity contribution >= 4 is 17.5 Å². The van der Waals surface area contributed by atoms with E-state index < -0.39 is 5.91 Å². The summed E-state index contributed by atoms with van der Waals surface area (Å²) in [5.74, 6) is -0.414. The number of nitrogens with zero attached hydrogens (tertiary/aromatic N) is 2. The number of primary amides is 1. The van der Waals surface area contributed by atoms with Crippen LogP contribution in [0.25, 0.3) is 0 Å². The molecule has 1 aromatic carbocycles. The predicted octanol–water partition coefficient (Wildman–Crippen LogP) is 0.0639. The van der Waals surface area contributed by atoms with Crippen LogP contribution in [0.15, 0.2) is 24.3 Å². The monoisotopic (exact) mass is 233 g/mol. The van der Waals surface area contributed by atoms with Crippen molar-refractivity contribution in [3.63, 3.8) is 0 Å². The Balaban J connectivity index is 2.29. The SMILES string of the molecule is CN1CCN(c2ccccc2C(N)=O)CC1=O. The molecule has 1 heterocycles. The summed E-state index contributed by atoms with van der Waals surface area (Å²) in [5, 5.41) is 0. The third kappa shape index (κ3) is 2.22. The van der Waals surface area contributed by atoms with Crippen LogP contribution >= 0.6 is 0 Å². The molecule has 5 heteroatoms. The van der Waals surface area contributed by atoms with Crippen molar-refractivity contribution in [1.29, 1.82) is 0 Å². The number of carbonyl (C=O) groups excluding carboxylic acids is 2. The smallest absolute Gasteiger partial charge is 0.250 e. The highest BCUT2D eigenvalue weighted by Crippen LogP contribution is 2.21. The number of hydrogen-bond acceptors (Lipinski definition) is 3. The fourth-order valence-corrected chi connectivity index (χ4v) is 1.92. The van der Waals surface area contributed by atoms with E-state index in [1.807, 2.05) is 17.0 Å². The van der Waals surface area contributed by atoms with Gasteiger partial charge in [0.15, 0.2) is 0 Å². The number of amides is 2. The largest absolute Gasteiger partial charge is 0.366 e. The molecule has 2 amide bonds. The van der Waals surface area contributed by atoms with Gasteiger partial charge in [-0.2, -0.15) is 0 Å². The Labute approximate surface area is 99.8 Å². The molecule has 2 rings (SSSR count). The van der Waals surface area contributed by atoms with E-state index in [0.717, 1.165) is 5.69 Å². The number of carbonyl (C=O) groups is 2. The predicted molar refractivity (Wildman–Crippen MR) is 64.8 cm³/mol. The fraction of sp³-hybridized carbons (Fsp3) is 0.333. The van der Waals surface area contributed by atoms with Crippen LogP contribution in [0.3, 0.4) is 0 Å². The summed E-state index contributed by atoms with van der Waals surface area (Å²) < 4.78 is 0. The lowest BCUT2D eigenvalue weighted by molar-refractivity contribution is -0.129. The van der Waals surface area contributed by atoms with Gasteiger partial charge in [-0.3, -0.25) is 9.59 Å². The van der Waals surface area contributed by atoms with Gasteiger partial charge < -0.3 is 15.5 Å². The molecular weight excluding hydrogens is 218 g/mol. The molecule has 0 spiro atoms. The molecule has 0 aliphatic carbocycles. The Morgan fingerprint density at radius 1 is 1.29 bits per heavy atom. The first-order valence-corrected chi connectivity index (χ1v) is 5.47. The number of nitrogens with two attached hydrogens (primary N) is 1. The first-order chi connectivity index (χ1) is 8.09. The number of anilines is 1. The lowest BCUT2D eigenvalue weighted by Gasteiger charge is -2.34. The lowest BCUT2D eigenvalue weighted by Crippen LogP contribution is -2.49. The zero-order chi connectivity index (χ0) is 12.4. The number of para-hydroxylation sites is 1. The van der Waals surface area contributed by atoms with Crippen molar-refractivity contribution in [3.05, 3.63) is 29.8 Å². The Kier molecular flexibility index (Phi) is 2.99. The molecule has 0 unspecified atom stereocenters. The Hall–Kier alpha value is -2.04. The highest BCUT2D eigenvalue weighted by molar-refractivity contribution is 5.99. The van der Waals surface area contributed by atoms with Crippen LogP contribution in [0.5, 0.6) is 0 Å². The summed E-state index contributed by atoms with van der Waals surface area (Å²) in [5.41, 5.74) is 6.52. The maximum Gasteiger partial charge on any atom is 0.250 e. The minimum absolute atomic E-state index is 0.0514. The Morgan fingerprint density at radius 3 is 2.65 bits per heavy atom. The van der Waals surface area contributed by atoms with Crippen molar-refractivity contribution in [1.82, 2.24) is 4.90 Å². The molecule has 0 aromatic heterocycles. The second-order valence-electron chi connectivity index (χ2n) is 4.12. The highest BCUT2D eigenvalue weighted by atomic mass is 16.2. The lowest BCUT2D eigenvalue weighted by atomic mass is 10.1. The van der Waals surface area contributed by atoms with Crippen molar-refractivity contribution in [2.24, 2.45) is 5.73 Å². The highest BCUT2D eigenvalue weighted by Gasteiger charge is 2.23. The number of rotatable bonds is 2. The summed E-state index contributed by atoms with van der Waals surface area (Å²) >= 11 is 0. The van der Waals surface area contributed by atoms with Gasteiger partial charge in [-0.05, 0) is 12.1 Å². The summed E-state index contributed by atoms with van der Waals surface area (Å²) in [6, 6.07) is 7.10. The average Bonchev–Trinajstić information content (AvgIpc) is 2.32. The van der Waals surface area contributed by atoms with Gasteiger partial charge in [-0.1, -0.05) is 12.1 Å². The molecule has 1 aromatic rings. The maximum atomic E-state index is 11.6. The van der Waals surface area contributed by atoms with Gasteiger partial charge in [0.25, 0.3) is 5.91 Å². The Bertz CT molecular complexity index is 459. The van der Waals surface area contributed by atoms with Gasteiger partial charge in [0.1, 0.15) is 0 Å². The Morgan fingerprint density at radius 2 is 2.00 bits per heavy atom. The second-order valence-corrected chi connectivity index (χ2v) is 4.12. The zero-order valence-corrected chi connectivity index (χ0v) is 9.72. The summed E-state index contributed by atoms with van der Waals surface area (Å²) in [6.45, 7) is 1.67. The van der Waals surface area contributed by atoms with Gasteiger partial charge in [0.2, 0.25) is 5.91 Å². The van der Waals surface area contributed by atoms with Crippen LogP contribution < -0.4 is 10.6 Å². The molecule has 90 valence electrons. The first kappa shape index (κ1) is 11.4. The van der Waals surface area contributed by atoms with Crippen molar-refractivity contribution in [2.45, 2.75) is 0 Å². The molecular formula is C12H15N3O2. The summed E-state index contributed by atoms with van der Waals surface area (Å²) in [6.07, 6.45) is 0. The van der Waals surface area contributed by atoms with E-state index in [0.29, 0.717) is 25.2 Å². The molecule has 1 aliphatic rings. The molecule has 1 fully saturated rings. The van der Waals surface area contributed by atoms with E-state index in [4.69, 9.17) is 5.73 Å². The molecule has 0 saturated carbocycles. The standard InChI is InChI=1S/C12H15N3O2/c1-14-6-7-15(8-11(14)16)10-5-3-2-4-9(10)12(13)17/h2-5H,6-8H2,1H3,(H2,13,17). The number of likely N-dealkylation sites (N-methyl/N-ethyl adjacent to an activating group) is 1. The molecule has 0 bridgehead atoms. The maximum absolute atomic E-state index is 11.6. The van der Waals surface area contributed by atoms with E-state index >= 15 is 0 Å². The van der Waals surface area contributed by atoms with Crippen LogP contribution in [0.2, 0.25) is 0 Å². The van der Waals surface area contributed by atoms with Crippen LogP contribution in [-0.4, -0.2) is 43.4 Å². The van der Waals surface area contributed by atoms with Gasteiger partial charge >= 0.3 is 0 Å². The number of benzene rings is 1. The molecule has 17 heavy (non-hydrogen) atoms. The van der Waals surface area contributed by atoms with E-state index in [9.17, 15) is 9.59 Å². The van der Waals surface area contributed by atoms with Gasteiger partial charge in [-0.15, -0.1) is 0 Å². The van der Waals surface area contributed by atoms with Crippen LogP contribution in [0.4, 0.5) is 5.69 Å². The summed E-state index contributed by atoms with van der Waals surface area (Å²) in [4.78, 5) is 26.5. The van der Waals surface area contributed by atoms with E-state index in [1.165, 1.54) is 0 Å². The van der Waals surface area contributed by atoms with Crippen molar-refractivity contribution < 1.29 is 9.59 Å². The van der Waals surface area contributed by atoms with Gasteiger partial charge in [-0.25, -0.2) is 0 Å². The fourth-order valence-electron chi connectivity index (χ4n) is 1.92. The minimum atomic E-state index is -0.466. The third-order valence-electron chi connectivity index (χ3n) is 2.97. The average molecular weight is 233 g/mol. The van der Waals surface area contributed by atoms with Gasteiger partial charge in [0, 0.05) is 20.1 Å². The zero-order valence-electron chi connectivity index (χ0n) is 9.72. The molecule has 2 N–H and O–H groups in total. The molecule has 0 radical (unpaired) electrons. The molecule has 1 aliphatic heterocycles.